The van der Waals surface area contributed by atoms with E-state index in [2.05, 4.69) is 10.5 Å². The summed E-state index contributed by atoms with van der Waals surface area (Å²) in [5.74, 6) is 1.18. The second-order valence-electron chi connectivity index (χ2n) is 6.31. The summed E-state index contributed by atoms with van der Waals surface area (Å²) >= 11 is 6.13. The van der Waals surface area contributed by atoms with Crippen molar-refractivity contribution in [2.24, 2.45) is 5.10 Å². The van der Waals surface area contributed by atoms with Gasteiger partial charge >= 0.3 is 0 Å². The van der Waals surface area contributed by atoms with Gasteiger partial charge in [0.05, 0.1) is 18.7 Å². The van der Waals surface area contributed by atoms with Crippen molar-refractivity contribution in [2.45, 2.75) is 12.5 Å². The number of amides is 1. The number of carbonyl (C=O) groups is 1. The largest absolute Gasteiger partial charge is 0.454 e. The summed E-state index contributed by atoms with van der Waals surface area (Å²) in [6.07, 6.45) is 5.65. The van der Waals surface area contributed by atoms with Crippen LogP contribution in [-0.2, 0) is 4.79 Å². The predicted molar refractivity (Wildman–Crippen MR) is 107 cm³/mol. The molecule has 0 saturated heterocycles. The average Bonchev–Trinajstić information content (AvgIpc) is 3.37. The number of hydrogen-bond acceptors (Lipinski definition) is 4. The first-order valence-corrected chi connectivity index (χ1v) is 9.16. The van der Waals surface area contributed by atoms with E-state index < -0.39 is 0 Å². The van der Waals surface area contributed by atoms with Gasteiger partial charge in [0, 0.05) is 17.4 Å². The quantitative estimate of drug-likeness (QED) is 0.506. The second-order valence-corrected chi connectivity index (χ2v) is 6.75. The van der Waals surface area contributed by atoms with Crippen LogP contribution in [0.3, 0.4) is 0 Å². The fraction of sp³-hybridized carbons (Fsp3) is 0.143. The lowest BCUT2D eigenvalue weighted by Gasteiger charge is -2.19. The van der Waals surface area contributed by atoms with Gasteiger partial charge in [0.2, 0.25) is 12.7 Å². The Bertz CT molecular complexity index is 1000. The maximum atomic E-state index is 12.5. The zero-order valence-corrected chi connectivity index (χ0v) is 15.7. The van der Waals surface area contributed by atoms with E-state index in [0.717, 1.165) is 11.1 Å². The van der Waals surface area contributed by atoms with Gasteiger partial charge in [-0.25, -0.2) is 5.43 Å². The Morgan fingerprint density at radius 3 is 2.79 bits per heavy atom. The molecule has 0 spiro atoms. The van der Waals surface area contributed by atoms with E-state index in [9.17, 15) is 4.79 Å². The molecular weight excluding hydrogens is 378 g/mol. The molecule has 0 aliphatic carbocycles. The zero-order valence-electron chi connectivity index (χ0n) is 14.9. The van der Waals surface area contributed by atoms with E-state index in [1.807, 2.05) is 71.6 Å². The van der Waals surface area contributed by atoms with Crippen LogP contribution in [0.25, 0.3) is 0 Å². The van der Waals surface area contributed by atoms with Crippen LogP contribution in [0.1, 0.15) is 23.6 Å². The molecule has 1 atom stereocenters. The Morgan fingerprint density at radius 1 is 1.14 bits per heavy atom. The highest BCUT2D eigenvalue weighted by Crippen LogP contribution is 2.32. The number of halogens is 1. The molecule has 0 saturated carbocycles. The first-order chi connectivity index (χ1) is 13.7. The molecule has 7 heteroatoms. The van der Waals surface area contributed by atoms with Crippen LogP contribution in [0.4, 0.5) is 0 Å². The smallest absolute Gasteiger partial charge is 0.242 e. The van der Waals surface area contributed by atoms with Crippen molar-refractivity contribution in [3.05, 3.63) is 83.1 Å². The zero-order chi connectivity index (χ0) is 19.3. The number of nitrogens with one attached hydrogen (secondary N) is 1. The highest BCUT2D eigenvalue weighted by Gasteiger charge is 2.17. The Kier molecular flexibility index (Phi) is 5.30. The molecule has 0 radical (unpaired) electrons. The van der Waals surface area contributed by atoms with E-state index in [1.54, 1.807) is 6.21 Å². The van der Waals surface area contributed by atoms with Crippen LogP contribution in [0.2, 0.25) is 5.02 Å². The fourth-order valence-corrected chi connectivity index (χ4v) is 3.26. The Labute approximate surface area is 167 Å². The lowest BCUT2D eigenvalue weighted by molar-refractivity contribution is -0.121. The van der Waals surface area contributed by atoms with Crippen molar-refractivity contribution in [3.63, 3.8) is 0 Å². The molecular formula is C21H18ClN3O3. The molecule has 2 aromatic carbocycles. The van der Waals surface area contributed by atoms with Gasteiger partial charge in [-0.3, -0.25) is 4.79 Å². The minimum Gasteiger partial charge on any atom is -0.454 e. The van der Waals surface area contributed by atoms with Gasteiger partial charge in [-0.1, -0.05) is 23.7 Å². The second kappa shape index (κ2) is 8.19. The number of carbonyl (C=O) groups excluding carboxylic acids is 1. The molecule has 3 aromatic rings. The normalized spacial score (nSPS) is 13.6. The summed E-state index contributed by atoms with van der Waals surface area (Å²) in [7, 11) is 0. The van der Waals surface area contributed by atoms with Crippen molar-refractivity contribution >= 4 is 23.7 Å². The van der Waals surface area contributed by atoms with Crippen LogP contribution in [-0.4, -0.2) is 23.5 Å². The first-order valence-electron chi connectivity index (χ1n) is 8.78. The van der Waals surface area contributed by atoms with Gasteiger partial charge in [0.1, 0.15) is 0 Å². The minimum absolute atomic E-state index is 0.172. The maximum Gasteiger partial charge on any atom is 0.242 e. The number of hydrogen-bond donors (Lipinski definition) is 1. The molecule has 1 aliphatic heterocycles. The molecule has 6 nitrogen and oxygen atoms in total. The fourth-order valence-electron chi connectivity index (χ4n) is 3.06. The summed E-state index contributed by atoms with van der Waals surface area (Å²) < 4.78 is 12.6. The van der Waals surface area contributed by atoms with Crippen molar-refractivity contribution in [1.29, 1.82) is 0 Å². The van der Waals surface area contributed by atoms with E-state index in [4.69, 9.17) is 21.1 Å². The lowest BCUT2D eigenvalue weighted by atomic mass is 10.0. The Morgan fingerprint density at radius 2 is 1.96 bits per heavy atom. The van der Waals surface area contributed by atoms with Crippen molar-refractivity contribution < 1.29 is 14.3 Å². The summed E-state index contributed by atoms with van der Waals surface area (Å²) in [5, 5.41) is 4.69. The molecule has 4 rings (SSSR count). The van der Waals surface area contributed by atoms with Gasteiger partial charge in [-0.2, -0.15) is 5.10 Å². The highest BCUT2D eigenvalue weighted by atomic mass is 35.5. The summed E-state index contributed by atoms with van der Waals surface area (Å²) in [6.45, 7) is 0.219. The monoisotopic (exact) mass is 395 g/mol. The SMILES string of the molecule is O=C(CC(c1cccc(Cl)c1)n1cccc1)N/N=C/c1ccc2c(c1)OCO2. The van der Waals surface area contributed by atoms with E-state index >= 15 is 0 Å². The minimum atomic E-state index is -0.198. The molecule has 0 bridgehead atoms. The number of benzene rings is 2. The van der Waals surface area contributed by atoms with E-state index in [0.29, 0.717) is 16.5 Å². The lowest BCUT2D eigenvalue weighted by Crippen LogP contribution is -2.23. The van der Waals surface area contributed by atoms with Crippen molar-refractivity contribution in [3.8, 4) is 11.5 Å². The highest BCUT2D eigenvalue weighted by molar-refractivity contribution is 6.30. The first kappa shape index (κ1) is 18.1. The van der Waals surface area contributed by atoms with Crippen LogP contribution < -0.4 is 14.9 Å². The predicted octanol–water partition coefficient (Wildman–Crippen LogP) is 4.00. The molecule has 28 heavy (non-hydrogen) atoms. The third-order valence-electron chi connectivity index (χ3n) is 4.40. The standard InChI is InChI=1S/C21H18ClN3O3/c22-17-5-3-4-16(11-17)18(25-8-1-2-9-25)12-21(26)24-23-13-15-6-7-19-20(10-15)28-14-27-19/h1-11,13,18H,12,14H2,(H,24,26)/b23-13+. The number of ether oxygens (including phenoxy) is 2. The topological polar surface area (TPSA) is 64.9 Å². The van der Waals surface area contributed by atoms with Gasteiger partial charge in [0.15, 0.2) is 11.5 Å². The number of fused-ring (bicyclic) bond motifs is 1. The molecule has 0 fully saturated rings. The van der Waals surface area contributed by atoms with Crippen molar-refractivity contribution in [1.82, 2.24) is 9.99 Å². The van der Waals surface area contributed by atoms with Crippen molar-refractivity contribution in [2.75, 3.05) is 6.79 Å². The molecule has 2 heterocycles. The molecule has 1 amide bonds. The maximum absolute atomic E-state index is 12.5. The van der Waals surface area contributed by atoms with E-state index in [1.165, 1.54) is 0 Å². The van der Waals surface area contributed by atoms with E-state index in [-0.39, 0.29) is 25.2 Å². The molecule has 142 valence electrons. The molecule has 1 aliphatic rings. The Balaban J connectivity index is 1.43. The number of rotatable bonds is 6. The number of hydrazone groups is 1. The number of aromatic nitrogens is 1. The summed E-state index contributed by atoms with van der Waals surface area (Å²) in [6, 6.07) is 16.7. The van der Waals surface area contributed by atoms with Gasteiger partial charge < -0.3 is 14.0 Å². The van der Waals surface area contributed by atoms with Gasteiger partial charge in [0.25, 0.3) is 0 Å². The van der Waals surface area contributed by atoms with Crippen LogP contribution >= 0.6 is 11.6 Å². The average molecular weight is 396 g/mol. The number of nitrogens with zero attached hydrogens (tertiary/aromatic N) is 2. The summed E-state index contributed by atoms with van der Waals surface area (Å²) in [5.41, 5.74) is 4.35. The molecule has 1 aromatic heterocycles. The van der Waals surface area contributed by atoms with Gasteiger partial charge in [-0.05, 0) is 53.6 Å². The third-order valence-corrected chi connectivity index (χ3v) is 4.63. The van der Waals surface area contributed by atoms with Crippen LogP contribution in [0, 0.1) is 0 Å². The molecule has 1 N–H and O–H groups in total. The third kappa shape index (κ3) is 4.18. The van der Waals surface area contributed by atoms with Crippen LogP contribution in [0.5, 0.6) is 11.5 Å². The van der Waals surface area contributed by atoms with Gasteiger partial charge in [-0.15, -0.1) is 0 Å². The van der Waals surface area contributed by atoms with Crippen LogP contribution in [0.15, 0.2) is 72.1 Å². The molecule has 1 unspecified atom stereocenters. The summed E-state index contributed by atoms with van der Waals surface area (Å²) in [4.78, 5) is 12.5. The Hall–Kier alpha value is -3.25.